The Morgan fingerprint density at radius 3 is 1.92 bits per heavy atom. The van der Waals surface area contributed by atoms with Gasteiger partial charge in [-0.25, -0.2) is 0 Å². The van der Waals surface area contributed by atoms with Crippen LogP contribution >= 0.6 is 0 Å². The van der Waals surface area contributed by atoms with E-state index in [0.717, 1.165) is 0 Å². The standard InChI is InChI=1S/C7H12N4O/c1-7(2,3)6-10-8-5(4-12)9-11-6/h12H,4H2,1-3H3. The Labute approximate surface area is 70.9 Å². The van der Waals surface area contributed by atoms with Crippen LogP contribution in [-0.2, 0) is 12.0 Å². The Bertz CT molecular complexity index is 251. The molecule has 0 radical (unpaired) electrons. The fourth-order valence-corrected chi connectivity index (χ4v) is 0.613. The summed E-state index contributed by atoms with van der Waals surface area (Å²) in [5.74, 6) is 0.836. The minimum atomic E-state index is -0.218. The molecule has 12 heavy (non-hydrogen) atoms. The number of rotatable bonds is 1. The summed E-state index contributed by atoms with van der Waals surface area (Å²) in [4.78, 5) is 0. The van der Waals surface area contributed by atoms with E-state index in [1.165, 1.54) is 0 Å². The van der Waals surface area contributed by atoms with Gasteiger partial charge in [0.2, 0.25) is 0 Å². The third-order valence-corrected chi connectivity index (χ3v) is 1.33. The van der Waals surface area contributed by atoms with E-state index < -0.39 is 0 Å². The molecule has 0 aromatic carbocycles. The fraction of sp³-hybridized carbons (Fsp3) is 0.714. The quantitative estimate of drug-likeness (QED) is 0.641. The second-order valence-electron chi connectivity index (χ2n) is 3.55. The first-order valence-electron chi connectivity index (χ1n) is 3.71. The van der Waals surface area contributed by atoms with Gasteiger partial charge < -0.3 is 5.11 Å². The van der Waals surface area contributed by atoms with E-state index in [1.807, 2.05) is 20.8 Å². The molecular weight excluding hydrogens is 156 g/mol. The molecule has 1 aromatic rings. The normalized spacial score (nSPS) is 11.7. The SMILES string of the molecule is CC(C)(C)c1nnc(CO)nn1. The van der Waals surface area contributed by atoms with Gasteiger partial charge in [0.15, 0.2) is 11.6 Å². The molecule has 0 atom stereocenters. The maximum atomic E-state index is 8.63. The number of hydrogen-bond acceptors (Lipinski definition) is 5. The molecule has 5 heteroatoms. The molecule has 66 valence electrons. The summed E-state index contributed by atoms with van der Waals surface area (Å²) in [5, 5.41) is 23.7. The highest BCUT2D eigenvalue weighted by atomic mass is 16.3. The molecular formula is C7H12N4O. The maximum absolute atomic E-state index is 8.63. The Kier molecular flexibility index (Phi) is 2.32. The number of aliphatic hydroxyl groups excluding tert-OH is 1. The van der Waals surface area contributed by atoms with Crippen LogP contribution in [0.1, 0.15) is 32.4 Å². The predicted molar refractivity (Wildman–Crippen MR) is 42.2 cm³/mol. The second kappa shape index (κ2) is 3.10. The second-order valence-corrected chi connectivity index (χ2v) is 3.55. The monoisotopic (exact) mass is 168 g/mol. The van der Waals surface area contributed by atoms with E-state index >= 15 is 0 Å². The lowest BCUT2D eigenvalue weighted by molar-refractivity contribution is 0.266. The summed E-state index contributed by atoms with van der Waals surface area (Å²) in [7, 11) is 0. The highest BCUT2D eigenvalue weighted by Gasteiger charge is 2.18. The summed E-state index contributed by atoms with van der Waals surface area (Å²) in [5.41, 5.74) is -0.145. The molecule has 1 heterocycles. The average Bonchev–Trinajstić information content (AvgIpc) is 2.03. The molecule has 1 rings (SSSR count). The van der Waals surface area contributed by atoms with Crippen LogP contribution in [0.25, 0.3) is 0 Å². The number of nitrogens with zero attached hydrogens (tertiary/aromatic N) is 4. The smallest absolute Gasteiger partial charge is 0.198 e. The number of hydrogen-bond donors (Lipinski definition) is 1. The first-order valence-corrected chi connectivity index (χ1v) is 3.71. The van der Waals surface area contributed by atoms with Gasteiger partial charge >= 0.3 is 0 Å². The third-order valence-electron chi connectivity index (χ3n) is 1.33. The van der Waals surface area contributed by atoms with Gasteiger partial charge in [-0.1, -0.05) is 20.8 Å². The van der Waals surface area contributed by atoms with Crippen molar-refractivity contribution in [1.29, 1.82) is 0 Å². The third kappa shape index (κ3) is 1.94. The van der Waals surface area contributed by atoms with Crippen molar-refractivity contribution >= 4 is 0 Å². The summed E-state index contributed by atoms with van der Waals surface area (Å²) in [6.07, 6.45) is 0. The average molecular weight is 168 g/mol. The lowest BCUT2D eigenvalue weighted by Crippen LogP contribution is -2.18. The van der Waals surface area contributed by atoms with Gasteiger partial charge in [0.25, 0.3) is 0 Å². The molecule has 0 aliphatic carbocycles. The minimum Gasteiger partial charge on any atom is -0.388 e. The Morgan fingerprint density at radius 1 is 1.08 bits per heavy atom. The van der Waals surface area contributed by atoms with Crippen molar-refractivity contribution in [3.63, 3.8) is 0 Å². The first kappa shape index (κ1) is 8.99. The molecule has 0 aliphatic rings. The van der Waals surface area contributed by atoms with E-state index in [9.17, 15) is 0 Å². The Balaban J connectivity index is 2.93. The van der Waals surface area contributed by atoms with Gasteiger partial charge in [0.05, 0.1) is 0 Å². The highest BCUT2D eigenvalue weighted by molar-refractivity contribution is 4.96. The van der Waals surface area contributed by atoms with Crippen molar-refractivity contribution in [3.05, 3.63) is 11.6 Å². The van der Waals surface area contributed by atoms with Crippen LogP contribution in [0, 0.1) is 0 Å². The Hall–Kier alpha value is -1.10. The molecule has 1 N–H and O–H groups in total. The molecule has 0 amide bonds. The van der Waals surface area contributed by atoms with E-state index in [1.54, 1.807) is 0 Å². The van der Waals surface area contributed by atoms with Crippen LogP contribution in [0.2, 0.25) is 0 Å². The zero-order valence-corrected chi connectivity index (χ0v) is 7.44. The van der Waals surface area contributed by atoms with Crippen LogP contribution in [0.4, 0.5) is 0 Å². The summed E-state index contributed by atoms with van der Waals surface area (Å²) in [6.45, 7) is 5.71. The summed E-state index contributed by atoms with van der Waals surface area (Å²) in [6, 6.07) is 0. The largest absolute Gasteiger partial charge is 0.388 e. The van der Waals surface area contributed by atoms with Crippen LogP contribution < -0.4 is 0 Å². The number of aliphatic hydroxyl groups is 1. The van der Waals surface area contributed by atoms with E-state index in [4.69, 9.17) is 5.11 Å². The predicted octanol–water partition coefficient (Wildman–Crippen LogP) is 0.0564. The molecule has 0 spiro atoms. The lowest BCUT2D eigenvalue weighted by Gasteiger charge is -2.13. The zero-order chi connectivity index (χ0) is 9.19. The van der Waals surface area contributed by atoms with Crippen LogP contribution in [0.3, 0.4) is 0 Å². The van der Waals surface area contributed by atoms with Crippen molar-refractivity contribution in [2.75, 3.05) is 0 Å². The molecule has 0 bridgehead atoms. The van der Waals surface area contributed by atoms with Gasteiger partial charge in [-0.2, -0.15) is 0 Å². The van der Waals surface area contributed by atoms with Crippen molar-refractivity contribution in [1.82, 2.24) is 20.4 Å². The van der Waals surface area contributed by atoms with Gasteiger partial charge in [-0.05, 0) is 0 Å². The van der Waals surface area contributed by atoms with Gasteiger partial charge in [0.1, 0.15) is 6.61 Å². The van der Waals surface area contributed by atoms with Crippen LogP contribution in [-0.4, -0.2) is 25.5 Å². The lowest BCUT2D eigenvalue weighted by atomic mass is 9.96. The number of aromatic nitrogens is 4. The maximum Gasteiger partial charge on any atom is 0.198 e. The molecule has 0 saturated heterocycles. The van der Waals surface area contributed by atoms with E-state index in [-0.39, 0.29) is 17.8 Å². The molecule has 5 nitrogen and oxygen atoms in total. The zero-order valence-electron chi connectivity index (χ0n) is 7.44. The highest BCUT2D eigenvalue weighted by Crippen LogP contribution is 2.15. The summed E-state index contributed by atoms with van der Waals surface area (Å²) < 4.78 is 0. The van der Waals surface area contributed by atoms with Gasteiger partial charge in [-0.3, -0.25) is 0 Å². The minimum absolute atomic E-state index is 0.145. The Morgan fingerprint density at radius 2 is 1.58 bits per heavy atom. The fourth-order valence-electron chi connectivity index (χ4n) is 0.613. The molecule has 0 aliphatic heterocycles. The molecule has 0 fully saturated rings. The molecule has 0 saturated carbocycles. The summed E-state index contributed by atoms with van der Waals surface area (Å²) >= 11 is 0. The topological polar surface area (TPSA) is 71.8 Å². The van der Waals surface area contributed by atoms with Crippen molar-refractivity contribution in [3.8, 4) is 0 Å². The molecule has 1 aromatic heterocycles. The van der Waals surface area contributed by atoms with Crippen LogP contribution in [0.15, 0.2) is 0 Å². The van der Waals surface area contributed by atoms with Gasteiger partial charge in [-0.15, -0.1) is 20.4 Å². The van der Waals surface area contributed by atoms with E-state index in [2.05, 4.69) is 20.4 Å². The van der Waals surface area contributed by atoms with Crippen molar-refractivity contribution in [2.24, 2.45) is 0 Å². The van der Waals surface area contributed by atoms with Crippen molar-refractivity contribution < 1.29 is 5.11 Å². The van der Waals surface area contributed by atoms with Crippen LogP contribution in [0.5, 0.6) is 0 Å². The molecule has 0 unspecified atom stereocenters. The van der Waals surface area contributed by atoms with Gasteiger partial charge in [0, 0.05) is 5.41 Å². The first-order chi connectivity index (χ1) is 5.54. The van der Waals surface area contributed by atoms with E-state index in [0.29, 0.717) is 5.82 Å². The van der Waals surface area contributed by atoms with Crippen molar-refractivity contribution in [2.45, 2.75) is 32.8 Å².